The van der Waals surface area contributed by atoms with Crippen molar-refractivity contribution in [1.82, 2.24) is 10.1 Å². The molecule has 0 amide bonds. The lowest BCUT2D eigenvalue weighted by Crippen LogP contribution is -2.15. The van der Waals surface area contributed by atoms with Crippen molar-refractivity contribution in [1.29, 1.82) is 0 Å². The van der Waals surface area contributed by atoms with E-state index in [2.05, 4.69) is 15.5 Å². The Bertz CT molecular complexity index is 990. The highest BCUT2D eigenvalue weighted by atomic mass is 35.5. The molecule has 2 aromatic carbocycles. The molecule has 4 rings (SSSR count). The molecule has 1 N–H and O–H groups in total. The van der Waals surface area contributed by atoms with Gasteiger partial charge in [0.25, 0.3) is 0 Å². The average Bonchev–Trinajstić information content (AvgIpc) is 3.15. The molecule has 1 aromatic heterocycles. The monoisotopic (exact) mass is 411 g/mol. The first-order chi connectivity index (χ1) is 13.4. The van der Waals surface area contributed by atoms with Crippen LogP contribution in [-0.2, 0) is 12.7 Å². The van der Waals surface area contributed by atoms with Crippen LogP contribution in [-0.4, -0.2) is 23.4 Å². The number of anilines is 1. The predicted molar refractivity (Wildman–Crippen MR) is 94.5 cm³/mol. The van der Waals surface area contributed by atoms with E-state index in [1.807, 2.05) is 0 Å². The minimum atomic E-state index is -4.40. The Morgan fingerprint density at radius 3 is 2.39 bits per heavy atom. The zero-order valence-corrected chi connectivity index (χ0v) is 15.0. The molecule has 0 unspecified atom stereocenters. The van der Waals surface area contributed by atoms with Crippen molar-refractivity contribution in [2.24, 2.45) is 0 Å². The Hall–Kier alpha value is -2.94. The summed E-state index contributed by atoms with van der Waals surface area (Å²) >= 11 is 6.22. The maximum Gasteiger partial charge on any atom is 0.416 e. The predicted octanol–water partition coefficient (Wildman–Crippen LogP) is 4.79. The molecule has 3 aromatic rings. The Morgan fingerprint density at radius 2 is 1.71 bits per heavy atom. The van der Waals surface area contributed by atoms with Crippen molar-refractivity contribution in [2.45, 2.75) is 12.7 Å². The van der Waals surface area contributed by atoms with Crippen molar-refractivity contribution in [3.05, 3.63) is 52.9 Å². The molecule has 1 aliphatic rings. The van der Waals surface area contributed by atoms with Gasteiger partial charge in [0.2, 0.25) is 11.7 Å². The maximum absolute atomic E-state index is 12.6. The van der Waals surface area contributed by atoms with Crippen LogP contribution in [0.1, 0.15) is 11.5 Å². The summed E-state index contributed by atoms with van der Waals surface area (Å²) in [6, 6.07) is 7.89. The number of rotatable bonds is 4. The topological polar surface area (TPSA) is 69.4 Å². The van der Waals surface area contributed by atoms with E-state index in [0.717, 1.165) is 12.1 Å². The first-order valence-electron chi connectivity index (χ1n) is 8.23. The first kappa shape index (κ1) is 18.4. The number of aromatic nitrogens is 2. The molecule has 1 aliphatic heterocycles. The van der Waals surface area contributed by atoms with E-state index in [4.69, 9.17) is 25.6 Å². The van der Waals surface area contributed by atoms with Gasteiger partial charge in [-0.3, -0.25) is 0 Å². The first-order valence-corrected chi connectivity index (χ1v) is 8.61. The van der Waals surface area contributed by atoms with Gasteiger partial charge in [0.05, 0.1) is 22.8 Å². The van der Waals surface area contributed by atoms with Gasteiger partial charge in [0.1, 0.15) is 13.2 Å². The van der Waals surface area contributed by atoms with Gasteiger partial charge in [-0.25, -0.2) is 0 Å². The number of benzene rings is 2. The lowest BCUT2D eigenvalue weighted by Gasteiger charge is -2.20. The number of alkyl halides is 3. The second-order valence-electron chi connectivity index (χ2n) is 5.92. The zero-order valence-electron chi connectivity index (χ0n) is 14.2. The Balaban J connectivity index is 1.45. The van der Waals surface area contributed by atoms with Crippen molar-refractivity contribution in [3.63, 3.8) is 0 Å². The summed E-state index contributed by atoms with van der Waals surface area (Å²) in [5.41, 5.74) is 0.274. The summed E-state index contributed by atoms with van der Waals surface area (Å²) in [6.07, 6.45) is -4.40. The fraction of sp³-hybridized carbons (Fsp3) is 0.222. The zero-order chi connectivity index (χ0) is 19.7. The number of nitrogens with zero attached hydrogens (tertiary/aromatic N) is 2. The van der Waals surface area contributed by atoms with Gasteiger partial charge < -0.3 is 19.3 Å². The number of nitrogens with one attached hydrogen (secondary N) is 1. The molecule has 0 radical (unpaired) electrons. The van der Waals surface area contributed by atoms with Crippen LogP contribution < -0.4 is 14.8 Å². The molecule has 0 saturated carbocycles. The molecule has 28 heavy (non-hydrogen) atoms. The van der Waals surface area contributed by atoms with Gasteiger partial charge in [-0.05, 0) is 12.1 Å². The lowest BCUT2D eigenvalue weighted by atomic mass is 10.1. The van der Waals surface area contributed by atoms with Crippen LogP contribution in [0, 0.1) is 0 Å². The smallest absolute Gasteiger partial charge is 0.416 e. The van der Waals surface area contributed by atoms with Crippen LogP contribution in [0.4, 0.5) is 18.9 Å². The molecule has 0 aliphatic carbocycles. The van der Waals surface area contributed by atoms with Gasteiger partial charge in [-0.2, -0.15) is 18.2 Å². The molecule has 6 nitrogen and oxygen atoms in total. The van der Waals surface area contributed by atoms with E-state index in [1.54, 1.807) is 12.1 Å². The molecule has 10 heteroatoms. The van der Waals surface area contributed by atoms with Gasteiger partial charge in [0, 0.05) is 17.7 Å². The summed E-state index contributed by atoms with van der Waals surface area (Å²) in [4.78, 5) is 4.18. The second kappa shape index (κ2) is 7.23. The summed E-state index contributed by atoms with van der Waals surface area (Å²) in [5.74, 6) is 1.60. The minimum Gasteiger partial charge on any atom is -0.486 e. The third-order valence-corrected chi connectivity index (χ3v) is 4.31. The lowest BCUT2D eigenvalue weighted by molar-refractivity contribution is -0.137. The van der Waals surface area contributed by atoms with E-state index in [0.29, 0.717) is 41.0 Å². The number of hydrogen-bond donors (Lipinski definition) is 1. The second-order valence-corrected chi connectivity index (χ2v) is 6.32. The van der Waals surface area contributed by atoms with Gasteiger partial charge >= 0.3 is 6.18 Å². The number of fused-ring (bicyclic) bond motifs is 1. The molecule has 146 valence electrons. The van der Waals surface area contributed by atoms with Crippen LogP contribution in [0.15, 0.2) is 40.9 Å². The quantitative estimate of drug-likeness (QED) is 0.665. The van der Waals surface area contributed by atoms with Crippen LogP contribution in [0.25, 0.3) is 11.4 Å². The summed E-state index contributed by atoms with van der Waals surface area (Å²) in [7, 11) is 0. The molecule has 0 fully saturated rings. The SMILES string of the molecule is FC(F)(F)c1ccc(-c2noc(CNc3cc4c(cc3Cl)OCCO4)n2)cc1. The van der Waals surface area contributed by atoms with Crippen molar-refractivity contribution < 1.29 is 27.2 Å². The normalized spacial score (nSPS) is 13.4. The third kappa shape index (κ3) is 3.84. The van der Waals surface area contributed by atoms with E-state index in [9.17, 15) is 13.2 Å². The molecule has 0 spiro atoms. The Kier molecular flexibility index (Phi) is 4.76. The molecule has 2 heterocycles. The molecule has 0 saturated heterocycles. The summed E-state index contributed by atoms with van der Waals surface area (Å²) in [6.45, 7) is 1.09. The van der Waals surface area contributed by atoms with Crippen LogP contribution in [0.5, 0.6) is 11.5 Å². The average molecular weight is 412 g/mol. The van der Waals surface area contributed by atoms with Crippen LogP contribution in [0.3, 0.4) is 0 Å². The van der Waals surface area contributed by atoms with Crippen LogP contribution in [0.2, 0.25) is 5.02 Å². The largest absolute Gasteiger partial charge is 0.486 e. The fourth-order valence-electron chi connectivity index (χ4n) is 2.62. The van der Waals surface area contributed by atoms with E-state index < -0.39 is 11.7 Å². The molecular weight excluding hydrogens is 399 g/mol. The van der Waals surface area contributed by atoms with Crippen molar-refractivity contribution in [3.8, 4) is 22.9 Å². The van der Waals surface area contributed by atoms with Gasteiger partial charge in [-0.1, -0.05) is 28.9 Å². The molecule has 0 bridgehead atoms. The van der Waals surface area contributed by atoms with Gasteiger partial charge in [0.15, 0.2) is 11.5 Å². The van der Waals surface area contributed by atoms with E-state index in [1.165, 1.54) is 12.1 Å². The number of halogens is 4. The van der Waals surface area contributed by atoms with Crippen LogP contribution >= 0.6 is 11.6 Å². The highest BCUT2D eigenvalue weighted by Gasteiger charge is 2.30. The van der Waals surface area contributed by atoms with Gasteiger partial charge in [-0.15, -0.1) is 0 Å². The van der Waals surface area contributed by atoms with Crippen molar-refractivity contribution in [2.75, 3.05) is 18.5 Å². The maximum atomic E-state index is 12.6. The highest BCUT2D eigenvalue weighted by molar-refractivity contribution is 6.33. The fourth-order valence-corrected chi connectivity index (χ4v) is 2.84. The Morgan fingerprint density at radius 1 is 1.04 bits per heavy atom. The standard InChI is InChI=1S/C18H13ClF3N3O3/c19-12-7-14-15(27-6-5-26-14)8-13(12)23-9-16-24-17(25-28-16)10-1-3-11(4-2-10)18(20,21)22/h1-4,7-8,23H,5-6,9H2. The van der Waals surface area contributed by atoms with Crippen molar-refractivity contribution >= 4 is 17.3 Å². The molecular formula is C18H13ClF3N3O3. The van der Waals surface area contributed by atoms with E-state index >= 15 is 0 Å². The number of ether oxygens (including phenoxy) is 2. The Labute approximate surface area is 162 Å². The summed E-state index contributed by atoms with van der Waals surface area (Å²) < 4.78 is 54.0. The third-order valence-electron chi connectivity index (χ3n) is 4.00. The minimum absolute atomic E-state index is 0.174. The summed E-state index contributed by atoms with van der Waals surface area (Å²) in [5, 5.41) is 7.30. The number of hydrogen-bond acceptors (Lipinski definition) is 6. The van der Waals surface area contributed by atoms with E-state index in [-0.39, 0.29) is 18.3 Å². The highest BCUT2D eigenvalue weighted by Crippen LogP contribution is 2.38. The molecule has 0 atom stereocenters.